The molecular weight excluding hydrogens is 288 g/mol. The number of para-hydroxylation sites is 1. The Morgan fingerprint density at radius 1 is 1.17 bits per heavy atom. The van der Waals surface area contributed by atoms with Crippen molar-refractivity contribution in [1.82, 2.24) is 9.88 Å². The summed E-state index contributed by atoms with van der Waals surface area (Å²) in [5, 5.41) is 10.7. The van der Waals surface area contributed by atoms with Crippen LogP contribution >= 0.6 is 0 Å². The van der Waals surface area contributed by atoms with E-state index in [1.807, 2.05) is 42.7 Å². The van der Waals surface area contributed by atoms with Crippen molar-refractivity contribution >= 4 is 0 Å². The van der Waals surface area contributed by atoms with Crippen molar-refractivity contribution in [3.05, 3.63) is 59.9 Å². The Labute approximate surface area is 137 Å². The maximum atomic E-state index is 10.7. The zero-order chi connectivity index (χ0) is 16.1. The quantitative estimate of drug-likeness (QED) is 0.922. The van der Waals surface area contributed by atoms with Gasteiger partial charge in [0.2, 0.25) is 0 Å². The smallest absolute Gasteiger partial charge is 0.119 e. The van der Waals surface area contributed by atoms with E-state index in [-0.39, 0.29) is 0 Å². The molecule has 2 aromatic rings. The van der Waals surface area contributed by atoms with E-state index in [0.29, 0.717) is 6.61 Å². The Bertz CT molecular complexity index is 622. The molecule has 0 aliphatic carbocycles. The van der Waals surface area contributed by atoms with Crippen LogP contribution in [0.4, 0.5) is 0 Å². The summed E-state index contributed by atoms with van der Waals surface area (Å²) in [5.74, 6) is 0.814. The van der Waals surface area contributed by atoms with Crippen molar-refractivity contribution in [2.45, 2.75) is 31.9 Å². The Morgan fingerprint density at radius 2 is 1.91 bits per heavy atom. The zero-order valence-corrected chi connectivity index (χ0v) is 13.6. The average molecular weight is 312 g/mol. The molecule has 1 fully saturated rings. The van der Waals surface area contributed by atoms with Gasteiger partial charge in [0.1, 0.15) is 18.0 Å². The Morgan fingerprint density at radius 3 is 2.61 bits per heavy atom. The number of hydrogen-bond donors (Lipinski definition) is 1. The molecule has 23 heavy (non-hydrogen) atoms. The summed E-state index contributed by atoms with van der Waals surface area (Å²) in [6.45, 7) is 5.07. The highest BCUT2D eigenvalue weighted by Gasteiger charge is 2.33. The second-order valence-corrected chi connectivity index (χ2v) is 6.47. The zero-order valence-electron chi connectivity index (χ0n) is 13.6. The molecule has 4 heteroatoms. The van der Waals surface area contributed by atoms with Crippen molar-refractivity contribution in [1.29, 1.82) is 0 Å². The van der Waals surface area contributed by atoms with Gasteiger partial charge >= 0.3 is 0 Å². The number of aromatic nitrogens is 1. The molecule has 3 rings (SSSR count). The number of piperidine rings is 1. The molecule has 2 heterocycles. The van der Waals surface area contributed by atoms with Crippen LogP contribution in [-0.4, -0.2) is 40.3 Å². The Hall–Kier alpha value is -1.91. The molecule has 0 spiro atoms. The monoisotopic (exact) mass is 312 g/mol. The van der Waals surface area contributed by atoms with Crippen molar-refractivity contribution in [3.8, 4) is 5.75 Å². The van der Waals surface area contributed by atoms with Crippen molar-refractivity contribution < 1.29 is 9.84 Å². The predicted molar refractivity (Wildman–Crippen MR) is 90.4 cm³/mol. The normalized spacial score (nSPS) is 17.8. The summed E-state index contributed by atoms with van der Waals surface area (Å²) in [5.41, 5.74) is 1.69. The molecule has 1 N–H and O–H groups in total. The molecule has 0 atom stereocenters. The highest BCUT2D eigenvalue weighted by Crippen LogP contribution is 2.24. The van der Waals surface area contributed by atoms with Gasteiger partial charge in [-0.25, -0.2) is 0 Å². The van der Waals surface area contributed by atoms with Crippen LogP contribution in [0.3, 0.4) is 0 Å². The van der Waals surface area contributed by atoms with Gasteiger partial charge in [0.25, 0.3) is 0 Å². The molecule has 1 aromatic carbocycles. The van der Waals surface area contributed by atoms with Crippen LogP contribution in [0.1, 0.15) is 24.0 Å². The van der Waals surface area contributed by atoms with Crippen LogP contribution in [0.25, 0.3) is 0 Å². The van der Waals surface area contributed by atoms with E-state index in [1.54, 1.807) is 0 Å². The van der Waals surface area contributed by atoms with Gasteiger partial charge in [0.15, 0.2) is 0 Å². The fraction of sp³-hybridized carbons (Fsp3) is 0.421. The molecule has 1 saturated heterocycles. The van der Waals surface area contributed by atoms with Crippen LogP contribution in [0, 0.1) is 6.92 Å². The van der Waals surface area contributed by atoms with Crippen LogP contribution in [0.5, 0.6) is 5.75 Å². The van der Waals surface area contributed by atoms with Gasteiger partial charge in [-0.3, -0.25) is 9.88 Å². The number of rotatable bonds is 5. The van der Waals surface area contributed by atoms with Gasteiger partial charge in [0, 0.05) is 32.0 Å². The van der Waals surface area contributed by atoms with Gasteiger partial charge in [-0.1, -0.05) is 24.3 Å². The largest absolute Gasteiger partial charge is 0.491 e. The molecule has 122 valence electrons. The lowest BCUT2D eigenvalue weighted by Gasteiger charge is -2.37. The lowest BCUT2D eigenvalue weighted by atomic mass is 9.92. The summed E-state index contributed by atoms with van der Waals surface area (Å²) < 4.78 is 5.74. The van der Waals surface area contributed by atoms with Crippen molar-refractivity contribution in [3.63, 3.8) is 0 Å². The third-order valence-electron chi connectivity index (χ3n) is 4.38. The number of pyridine rings is 1. The van der Waals surface area contributed by atoms with E-state index in [9.17, 15) is 5.11 Å². The van der Waals surface area contributed by atoms with Gasteiger partial charge in [-0.15, -0.1) is 0 Å². The number of benzene rings is 1. The number of aliphatic hydroxyl groups is 1. The topological polar surface area (TPSA) is 45.6 Å². The summed E-state index contributed by atoms with van der Waals surface area (Å²) in [7, 11) is 0. The van der Waals surface area contributed by atoms with Crippen molar-refractivity contribution in [2.24, 2.45) is 0 Å². The van der Waals surface area contributed by atoms with Crippen LogP contribution in [-0.2, 0) is 6.54 Å². The molecule has 1 aliphatic rings. The first-order chi connectivity index (χ1) is 11.1. The lowest BCUT2D eigenvalue weighted by Crippen LogP contribution is -2.47. The van der Waals surface area contributed by atoms with E-state index >= 15 is 0 Å². The molecule has 0 unspecified atom stereocenters. The average Bonchev–Trinajstić information content (AvgIpc) is 2.57. The van der Waals surface area contributed by atoms with E-state index in [1.165, 1.54) is 11.1 Å². The number of ether oxygens (including phenoxy) is 1. The van der Waals surface area contributed by atoms with E-state index in [2.05, 4.69) is 22.9 Å². The summed E-state index contributed by atoms with van der Waals surface area (Å²) in [6.07, 6.45) is 5.27. The number of aryl methyl sites for hydroxylation is 1. The SMILES string of the molecule is Cc1cncc(CN2CCC(O)(COc3ccccc3)CC2)c1. The first kappa shape index (κ1) is 16.0. The molecule has 0 bridgehead atoms. The standard InChI is InChI=1S/C19H24N2O2/c1-16-11-17(13-20-12-16)14-21-9-7-19(22,8-10-21)15-23-18-5-3-2-4-6-18/h2-6,11-13,22H,7-10,14-15H2,1H3. The van der Waals surface area contributed by atoms with Gasteiger partial charge in [-0.05, 0) is 43.0 Å². The first-order valence-electron chi connectivity index (χ1n) is 8.16. The molecule has 0 amide bonds. The maximum absolute atomic E-state index is 10.7. The minimum atomic E-state index is -0.725. The lowest BCUT2D eigenvalue weighted by molar-refractivity contribution is -0.0537. The molecule has 1 aliphatic heterocycles. The minimum Gasteiger partial charge on any atom is -0.491 e. The van der Waals surface area contributed by atoms with Gasteiger partial charge < -0.3 is 9.84 Å². The first-order valence-corrected chi connectivity index (χ1v) is 8.16. The van der Waals surface area contributed by atoms with E-state index in [4.69, 9.17) is 4.74 Å². The Balaban J connectivity index is 1.49. The summed E-state index contributed by atoms with van der Waals surface area (Å²) in [4.78, 5) is 6.61. The summed E-state index contributed by atoms with van der Waals surface area (Å²) in [6, 6.07) is 11.9. The fourth-order valence-corrected chi connectivity index (χ4v) is 2.97. The highest BCUT2D eigenvalue weighted by atomic mass is 16.5. The molecular formula is C19H24N2O2. The minimum absolute atomic E-state index is 0.358. The van der Waals surface area contributed by atoms with Gasteiger partial charge in [0.05, 0.1) is 0 Å². The molecule has 0 radical (unpaired) electrons. The van der Waals surface area contributed by atoms with Crippen LogP contribution in [0.2, 0.25) is 0 Å². The van der Waals surface area contributed by atoms with Crippen LogP contribution < -0.4 is 4.74 Å². The molecule has 1 aromatic heterocycles. The second-order valence-electron chi connectivity index (χ2n) is 6.47. The van der Waals surface area contributed by atoms with E-state index in [0.717, 1.165) is 38.2 Å². The number of likely N-dealkylation sites (tertiary alicyclic amines) is 1. The Kier molecular flexibility index (Phi) is 4.94. The third kappa shape index (κ3) is 4.53. The third-order valence-corrected chi connectivity index (χ3v) is 4.38. The maximum Gasteiger partial charge on any atom is 0.119 e. The summed E-state index contributed by atoms with van der Waals surface area (Å²) >= 11 is 0. The highest BCUT2D eigenvalue weighted by molar-refractivity contribution is 5.21. The van der Waals surface area contributed by atoms with Crippen LogP contribution in [0.15, 0.2) is 48.8 Å². The van der Waals surface area contributed by atoms with Gasteiger partial charge in [-0.2, -0.15) is 0 Å². The predicted octanol–water partition coefficient (Wildman–Crippen LogP) is 2.80. The number of hydrogen-bond acceptors (Lipinski definition) is 4. The fourth-order valence-electron chi connectivity index (χ4n) is 2.97. The molecule has 4 nitrogen and oxygen atoms in total. The van der Waals surface area contributed by atoms with Crippen molar-refractivity contribution in [2.75, 3.05) is 19.7 Å². The van der Waals surface area contributed by atoms with E-state index < -0.39 is 5.60 Å². The second kappa shape index (κ2) is 7.11. The molecule has 0 saturated carbocycles. The number of nitrogens with zero attached hydrogens (tertiary/aromatic N) is 2.